The predicted octanol–water partition coefficient (Wildman–Crippen LogP) is 4.25. The summed E-state index contributed by atoms with van der Waals surface area (Å²) < 4.78 is 16.3. The van der Waals surface area contributed by atoms with Crippen molar-refractivity contribution >= 4 is 17.5 Å². The first-order chi connectivity index (χ1) is 19.2. The van der Waals surface area contributed by atoms with Crippen LogP contribution in [0.15, 0.2) is 42.7 Å². The quantitative estimate of drug-likeness (QED) is 0.457. The Labute approximate surface area is 236 Å². The van der Waals surface area contributed by atoms with Crippen molar-refractivity contribution in [2.45, 2.75) is 60.0 Å². The molecule has 0 saturated heterocycles. The molecule has 214 valence electrons. The Bertz CT molecular complexity index is 1290. The highest BCUT2D eigenvalue weighted by Gasteiger charge is 2.25. The van der Waals surface area contributed by atoms with Crippen LogP contribution in [0.2, 0.25) is 0 Å². The molecule has 1 aliphatic heterocycles. The normalized spacial score (nSPS) is 15.4. The van der Waals surface area contributed by atoms with Gasteiger partial charge in [-0.05, 0) is 81.6 Å². The third-order valence-electron chi connectivity index (χ3n) is 7.08. The van der Waals surface area contributed by atoms with Crippen LogP contribution in [0.1, 0.15) is 60.7 Å². The Morgan fingerprint density at radius 3 is 2.50 bits per heavy atom. The molecule has 2 amide bonds. The maximum atomic E-state index is 14.6. The van der Waals surface area contributed by atoms with E-state index in [0.717, 1.165) is 38.3 Å². The van der Waals surface area contributed by atoms with Crippen molar-refractivity contribution in [2.75, 3.05) is 37.6 Å². The van der Waals surface area contributed by atoms with Gasteiger partial charge in [0.15, 0.2) is 0 Å². The van der Waals surface area contributed by atoms with Gasteiger partial charge in [0.05, 0.1) is 12.1 Å². The number of aromatic nitrogens is 4. The second kappa shape index (κ2) is 13.6. The zero-order valence-electron chi connectivity index (χ0n) is 24.0. The fraction of sp³-hybridized carbons (Fsp3) is 0.500. The number of aryl methyl sites for hydroxylation is 3. The van der Waals surface area contributed by atoms with E-state index < -0.39 is 5.82 Å². The maximum absolute atomic E-state index is 14.6. The molecule has 0 spiro atoms. The van der Waals surface area contributed by atoms with E-state index in [0.29, 0.717) is 48.2 Å². The third-order valence-corrected chi connectivity index (χ3v) is 7.08. The lowest BCUT2D eigenvalue weighted by molar-refractivity contribution is -0.132. The molecular weight excluding hydrogens is 509 g/mol. The number of hydrogen-bond acceptors (Lipinski definition) is 6. The molecule has 0 aliphatic carbocycles. The molecule has 0 saturated carbocycles. The number of nitrogens with zero attached hydrogens (tertiary/aromatic N) is 7. The van der Waals surface area contributed by atoms with Crippen molar-refractivity contribution in [2.24, 2.45) is 5.92 Å². The fourth-order valence-electron chi connectivity index (χ4n) is 5.30. The van der Waals surface area contributed by atoms with E-state index in [-0.39, 0.29) is 24.8 Å². The minimum Gasteiger partial charge on any atom is -0.338 e. The SMILES string of the molecule is Cc1nc(C)n(CCC(=O)N2CCCN(CC(C)C)CCCN(C(=O)c3cccnc3)c3ccc(F)cc3C2)n1. The van der Waals surface area contributed by atoms with Crippen LogP contribution in [0.4, 0.5) is 10.1 Å². The zero-order valence-corrected chi connectivity index (χ0v) is 24.0. The molecule has 1 aliphatic rings. The van der Waals surface area contributed by atoms with Gasteiger partial charge >= 0.3 is 0 Å². The Morgan fingerprint density at radius 1 is 1.05 bits per heavy atom. The topological polar surface area (TPSA) is 87.5 Å². The third kappa shape index (κ3) is 7.71. The number of rotatable bonds is 6. The standard InChI is InChI=1S/C30H40FN7O2/c1-22(2)20-35-13-6-15-36(29(39)11-17-38-24(4)33-23(3)34-38)21-26-18-27(31)9-10-28(26)37(16-7-14-35)30(40)25-8-5-12-32-19-25/h5,8-10,12,18-19,22H,6-7,11,13-17,20-21H2,1-4H3. The van der Waals surface area contributed by atoms with Gasteiger partial charge in [-0.1, -0.05) is 13.8 Å². The molecule has 3 heterocycles. The van der Waals surface area contributed by atoms with Crippen LogP contribution in [0.3, 0.4) is 0 Å². The highest BCUT2D eigenvalue weighted by Crippen LogP contribution is 2.26. The summed E-state index contributed by atoms with van der Waals surface area (Å²) in [5.41, 5.74) is 1.69. The molecule has 0 bridgehead atoms. The molecule has 1 aromatic carbocycles. The largest absolute Gasteiger partial charge is 0.338 e. The number of carbonyl (C=O) groups excluding carboxylic acids is 2. The first-order valence-electron chi connectivity index (χ1n) is 14.1. The van der Waals surface area contributed by atoms with Gasteiger partial charge in [0.1, 0.15) is 17.5 Å². The molecule has 2 aromatic heterocycles. The summed E-state index contributed by atoms with van der Waals surface area (Å²) in [7, 11) is 0. The number of hydrogen-bond donors (Lipinski definition) is 0. The average molecular weight is 550 g/mol. The smallest absolute Gasteiger partial charge is 0.259 e. The van der Waals surface area contributed by atoms with Gasteiger partial charge in [-0.3, -0.25) is 14.6 Å². The minimum absolute atomic E-state index is 0.0413. The summed E-state index contributed by atoms with van der Waals surface area (Å²) in [5.74, 6) is 1.30. The predicted molar refractivity (Wildman–Crippen MR) is 152 cm³/mol. The van der Waals surface area contributed by atoms with Crippen LogP contribution >= 0.6 is 0 Å². The zero-order chi connectivity index (χ0) is 28.6. The molecule has 0 fully saturated rings. The number of pyridine rings is 1. The van der Waals surface area contributed by atoms with Gasteiger partial charge in [0.25, 0.3) is 5.91 Å². The van der Waals surface area contributed by atoms with Gasteiger partial charge in [0, 0.05) is 50.7 Å². The summed E-state index contributed by atoms with van der Waals surface area (Å²) in [6.45, 7) is 12.3. The van der Waals surface area contributed by atoms with Gasteiger partial charge in [-0.2, -0.15) is 5.10 Å². The molecule has 0 N–H and O–H groups in total. The van der Waals surface area contributed by atoms with E-state index in [1.807, 2.05) is 13.8 Å². The molecule has 9 nitrogen and oxygen atoms in total. The lowest BCUT2D eigenvalue weighted by Gasteiger charge is -2.32. The van der Waals surface area contributed by atoms with E-state index in [9.17, 15) is 14.0 Å². The van der Waals surface area contributed by atoms with Crippen molar-refractivity contribution < 1.29 is 14.0 Å². The van der Waals surface area contributed by atoms with Crippen LogP contribution in [0.25, 0.3) is 0 Å². The molecule has 10 heteroatoms. The summed E-state index contributed by atoms with van der Waals surface area (Å²) in [4.78, 5) is 41.7. The minimum atomic E-state index is -0.399. The number of halogens is 1. The lowest BCUT2D eigenvalue weighted by atomic mass is 10.1. The fourth-order valence-corrected chi connectivity index (χ4v) is 5.30. The first-order valence-corrected chi connectivity index (χ1v) is 14.1. The number of carbonyl (C=O) groups is 2. The van der Waals surface area contributed by atoms with Gasteiger partial charge < -0.3 is 14.7 Å². The Balaban J connectivity index is 1.65. The lowest BCUT2D eigenvalue weighted by Crippen LogP contribution is -2.40. The Morgan fingerprint density at radius 2 is 1.82 bits per heavy atom. The van der Waals surface area contributed by atoms with Crippen molar-refractivity contribution in [3.8, 4) is 0 Å². The second-order valence-electron chi connectivity index (χ2n) is 10.9. The summed E-state index contributed by atoms with van der Waals surface area (Å²) >= 11 is 0. The van der Waals surface area contributed by atoms with Crippen molar-refractivity contribution in [1.82, 2.24) is 29.5 Å². The molecule has 0 radical (unpaired) electrons. The Kier molecular flexibility index (Phi) is 9.98. The molecule has 0 atom stereocenters. The van der Waals surface area contributed by atoms with E-state index in [1.54, 1.807) is 45.1 Å². The van der Waals surface area contributed by atoms with Gasteiger partial charge in [-0.25, -0.2) is 14.1 Å². The highest BCUT2D eigenvalue weighted by molar-refractivity contribution is 6.06. The van der Waals surface area contributed by atoms with Crippen LogP contribution in [0, 0.1) is 25.6 Å². The monoisotopic (exact) mass is 549 g/mol. The van der Waals surface area contributed by atoms with E-state index >= 15 is 0 Å². The van der Waals surface area contributed by atoms with Crippen LogP contribution < -0.4 is 4.90 Å². The van der Waals surface area contributed by atoms with Crippen LogP contribution in [-0.4, -0.2) is 74.1 Å². The second-order valence-corrected chi connectivity index (χ2v) is 10.9. The number of fused-ring (bicyclic) bond motifs is 1. The number of benzene rings is 1. The van der Waals surface area contributed by atoms with Crippen molar-refractivity contribution in [3.63, 3.8) is 0 Å². The molecule has 0 unspecified atom stereocenters. The summed E-state index contributed by atoms with van der Waals surface area (Å²) in [6, 6.07) is 7.95. The molecular formula is C30H40FN7O2. The molecule has 3 aromatic rings. The van der Waals surface area contributed by atoms with Crippen LogP contribution in [0.5, 0.6) is 0 Å². The number of amides is 2. The molecule has 4 rings (SSSR count). The average Bonchev–Trinajstić information content (AvgIpc) is 3.25. The summed E-state index contributed by atoms with van der Waals surface area (Å²) in [6.07, 6.45) is 5.02. The molecule has 40 heavy (non-hydrogen) atoms. The van der Waals surface area contributed by atoms with E-state index in [1.165, 1.54) is 12.1 Å². The first kappa shape index (κ1) is 29.3. The Hall–Kier alpha value is -3.66. The van der Waals surface area contributed by atoms with E-state index in [2.05, 4.69) is 33.8 Å². The van der Waals surface area contributed by atoms with Gasteiger partial charge in [0.2, 0.25) is 5.91 Å². The maximum Gasteiger partial charge on any atom is 0.259 e. The van der Waals surface area contributed by atoms with Crippen molar-refractivity contribution in [1.29, 1.82) is 0 Å². The number of anilines is 1. The van der Waals surface area contributed by atoms with Crippen molar-refractivity contribution in [3.05, 3.63) is 71.3 Å². The van der Waals surface area contributed by atoms with Crippen LogP contribution in [-0.2, 0) is 17.9 Å². The summed E-state index contributed by atoms with van der Waals surface area (Å²) in [5, 5.41) is 4.38. The van der Waals surface area contributed by atoms with Gasteiger partial charge in [-0.15, -0.1) is 0 Å². The highest BCUT2D eigenvalue weighted by atomic mass is 19.1. The van der Waals surface area contributed by atoms with E-state index in [4.69, 9.17) is 0 Å².